The summed E-state index contributed by atoms with van der Waals surface area (Å²) in [5.41, 5.74) is 6.05. The topological polar surface area (TPSA) is 40.7 Å². The molecule has 3 heteroatoms. The third kappa shape index (κ3) is 2.71. The van der Waals surface area contributed by atoms with E-state index in [1.807, 2.05) is 0 Å². The summed E-state index contributed by atoms with van der Waals surface area (Å²) in [5, 5.41) is 3.50. The van der Waals surface area contributed by atoms with Crippen molar-refractivity contribution in [3.63, 3.8) is 0 Å². The van der Waals surface area contributed by atoms with Gasteiger partial charge in [-0.3, -0.25) is 0 Å². The average molecular weight is 255 g/mol. The number of H-pyrrole nitrogens is 1. The quantitative estimate of drug-likeness (QED) is 0.880. The molecule has 0 saturated heterocycles. The van der Waals surface area contributed by atoms with Gasteiger partial charge in [0, 0.05) is 17.3 Å². The Hall–Kier alpha value is -1.61. The molecule has 2 N–H and O–H groups in total. The molecular formula is C16H21N3. The highest BCUT2D eigenvalue weighted by Crippen LogP contribution is 2.26. The third-order valence-corrected chi connectivity index (χ3v) is 3.72. The summed E-state index contributed by atoms with van der Waals surface area (Å²) >= 11 is 0. The molecule has 1 aromatic heterocycles. The first-order valence-corrected chi connectivity index (χ1v) is 7.00. The van der Waals surface area contributed by atoms with E-state index in [1.54, 1.807) is 0 Å². The van der Waals surface area contributed by atoms with Crippen LogP contribution in [-0.2, 0) is 6.54 Å². The van der Waals surface area contributed by atoms with Crippen molar-refractivity contribution in [1.82, 2.24) is 15.3 Å². The fourth-order valence-corrected chi connectivity index (χ4v) is 2.39. The second-order valence-electron chi connectivity index (χ2n) is 5.63. The first-order valence-electron chi connectivity index (χ1n) is 7.00. The van der Waals surface area contributed by atoms with Gasteiger partial charge in [0.1, 0.15) is 5.82 Å². The number of imidazole rings is 1. The molecule has 2 aromatic rings. The molecule has 3 nitrogen and oxygen atoms in total. The molecule has 1 heterocycles. The minimum atomic E-state index is 0.717. The lowest BCUT2D eigenvalue weighted by molar-refractivity contribution is 0.663. The number of aromatic nitrogens is 2. The van der Waals surface area contributed by atoms with Gasteiger partial charge in [-0.15, -0.1) is 0 Å². The lowest BCUT2D eigenvalue weighted by atomic mass is 10.0. The first-order chi connectivity index (χ1) is 9.13. The Balaban J connectivity index is 1.88. The van der Waals surface area contributed by atoms with Gasteiger partial charge in [-0.1, -0.05) is 17.7 Å². The van der Waals surface area contributed by atoms with Gasteiger partial charge in [0.15, 0.2) is 0 Å². The Labute approximate surface area is 114 Å². The summed E-state index contributed by atoms with van der Waals surface area (Å²) in [6.07, 6.45) is 2.62. The predicted octanol–water partition coefficient (Wildman–Crippen LogP) is 3.25. The van der Waals surface area contributed by atoms with Crippen LogP contribution in [0.15, 0.2) is 18.2 Å². The molecule has 1 fully saturated rings. The van der Waals surface area contributed by atoms with Crippen LogP contribution < -0.4 is 5.32 Å². The molecule has 1 saturated carbocycles. The smallest absolute Gasteiger partial charge is 0.121 e. The summed E-state index contributed by atoms with van der Waals surface area (Å²) in [7, 11) is 0. The van der Waals surface area contributed by atoms with Crippen molar-refractivity contribution < 1.29 is 0 Å². The molecule has 0 amide bonds. The van der Waals surface area contributed by atoms with Gasteiger partial charge in [-0.25, -0.2) is 4.98 Å². The van der Waals surface area contributed by atoms with E-state index in [4.69, 9.17) is 4.98 Å². The van der Waals surface area contributed by atoms with Crippen molar-refractivity contribution in [3.05, 3.63) is 40.8 Å². The van der Waals surface area contributed by atoms with Crippen LogP contribution in [0.4, 0.5) is 0 Å². The van der Waals surface area contributed by atoms with Crippen molar-refractivity contribution >= 4 is 0 Å². The number of hydrogen-bond donors (Lipinski definition) is 2. The zero-order valence-corrected chi connectivity index (χ0v) is 11.9. The molecule has 0 aliphatic heterocycles. The Morgan fingerprint density at radius 3 is 2.79 bits per heavy atom. The van der Waals surface area contributed by atoms with Crippen molar-refractivity contribution in [2.75, 3.05) is 0 Å². The molecule has 1 aliphatic carbocycles. The van der Waals surface area contributed by atoms with Crippen molar-refractivity contribution in [2.45, 2.75) is 46.2 Å². The molecule has 1 aromatic carbocycles. The van der Waals surface area contributed by atoms with E-state index in [9.17, 15) is 0 Å². The fraction of sp³-hybridized carbons (Fsp3) is 0.438. The molecule has 0 unspecified atom stereocenters. The Bertz CT molecular complexity index is 594. The number of aryl methyl sites for hydroxylation is 3. The minimum Gasteiger partial charge on any atom is -0.344 e. The summed E-state index contributed by atoms with van der Waals surface area (Å²) in [5.74, 6) is 1.04. The van der Waals surface area contributed by atoms with E-state index < -0.39 is 0 Å². The van der Waals surface area contributed by atoms with E-state index in [0.29, 0.717) is 0 Å². The lowest BCUT2D eigenvalue weighted by Crippen LogP contribution is -2.16. The van der Waals surface area contributed by atoms with Crippen molar-refractivity contribution in [1.29, 1.82) is 0 Å². The molecule has 1 aliphatic rings. The molecule has 3 rings (SSSR count). The van der Waals surface area contributed by atoms with Gasteiger partial charge in [0.05, 0.1) is 12.2 Å². The second kappa shape index (κ2) is 4.82. The van der Waals surface area contributed by atoms with Crippen LogP contribution in [-0.4, -0.2) is 16.0 Å². The lowest BCUT2D eigenvalue weighted by Gasteiger charge is -2.05. The van der Waals surface area contributed by atoms with Crippen molar-refractivity contribution in [3.8, 4) is 11.3 Å². The van der Waals surface area contributed by atoms with Crippen LogP contribution in [0.5, 0.6) is 0 Å². The zero-order chi connectivity index (χ0) is 13.4. The maximum Gasteiger partial charge on any atom is 0.121 e. The van der Waals surface area contributed by atoms with Crippen molar-refractivity contribution in [2.24, 2.45) is 0 Å². The van der Waals surface area contributed by atoms with E-state index in [1.165, 1.54) is 29.5 Å². The van der Waals surface area contributed by atoms with E-state index in [0.717, 1.165) is 29.8 Å². The van der Waals surface area contributed by atoms with Crippen LogP contribution >= 0.6 is 0 Å². The summed E-state index contributed by atoms with van der Waals surface area (Å²) < 4.78 is 0. The SMILES string of the molecule is Cc1ccc(C)c(-c2nc(CNC3CC3)[nH]c2C)c1. The summed E-state index contributed by atoms with van der Waals surface area (Å²) in [4.78, 5) is 8.16. The standard InChI is InChI=1S/C16H21N3/c1-10-4-5-11(2)14(8-10)16-12(3)18-15(19-16)9-17-13-6-7-13/h4-5,8,13,17H,6-7,9H2,1-3H3,(H,18,19). The average Bonchev–Trinajstić information content (AvgIpc) is 3.13. The largest absolute Gasteiger partial charge is 0.344 e. The number of benzene rings is 1. The summed E-state index contributed by atoms with van der Waals surface area (Å²) in [6, 6.07) is 7.25. The predicted molar refractivity (Wildman–Crippen MR) is 78.1 cm³/mol. The monoisotopic (exact) mass is 255 g/mol. The molecule has 0 spiro atoms. The molecule has 19 heavy (non-hydrogen) atoms. The number of rotatable bonds is 4. The van der Waals surface area contributed by atoms with Crippen LogP contribution in [0.25, 0.3) is 11.3 Å². The Morgan fingerprint density at radius 2 is 2.05 bits per heavy atom. The van der Waals surface area contributed by atoms with Crippen LogP contribution in [0.1, 0.15) is 35.5 Å². The highest BCUT2D eigenvalue weighted by atomic mass is 15.0. The van der Waals surface area contributed by atoms with Gasteiger partial charge in [0.2, 0.25) is 0 Å². The van der Waals surface area contributed by atoms with Crippen LogP contribution in [0.3, 0.4) is 0 Å². The molecule has 0 bridgehead atoms. The number of hydrogen-bond acceptors (Lipinski definition) is 2. The zero-order valence-electron chi connectivity index (χ0n) is 11.9. The second-order valence-corrected chi connectivity index (χ2v) is 5.63. The van der Waals surface area contributed by atoms with Gasteiger partial charge < -0.3 is 10.3 Å². The maximum atomic E-state index is 4.76. The first kappa shape index (κ1) is 12.4. The molecule has 0 atom stereocenters. The molecule has 100 valence electrons. The number of aromatic amines is 1. The number of nitrogens with zero attached hydrogens (tertiary/aromatic N) is 1. The third-order valence-electron chi connectivity index (χ3n) is 3.72. The van der Waals surface area contributed by atoms with Gasteiger partial charge in [-0.05, 0) is 45.2 Å². The van der Waals surface area contributed by atoms with Crippen LogP contribution in [0.2, 0.25) is 0 Å². The highest BCUT2D eigenvalue weighted by Gasteiger charge is 2.21. The van der Waals surface area contributed by atoms with Gasteiger partial charge in [0.25, 0.3) is 0 Å². The molecular weight excluding hydrogens is 234 g/mol. The Morgan fingerprint density at radius 1 is 1.26 bits per heavy atom. The van der Waals surface area contributed by atoms with E-state index in [2.05, 4.69) is 49.3 Å². The van der Waals surface area contributed by atoms with E-state index in [-0.39, 0.29) is 0 Å². The summed E-state index contributed by atoms with van der Waals surface area (Å²) in [6.45, 7) is 7.21. The minimum absolute atomic E-state index is 0.717. The fourth-order valence-electron chi connectivity index (χ4n) is 2.39. The van der Waals surface area contributed by atoms with Gasteiger partial charge >= 0.3 is 0 Å². The maximum absolute atomic E-state index is 4.76. The number of nitrogens with one attached hydrogen (secondary N) is 2. The highest BCUT2D eigenvalue weighted by molar-refractivity contribution is 5.66. The molecule has 0 radical (unpaired) electrons. The van der Waals surface area contributed by atoms with E-state index >= 15 is 0 Å². The van der Waals surface area contributed by atoms with Gasteiger partial charge in [-0.2, -0.15) is 0 Å². The van der Waals surface area contributed by atoms with Crippen LogP contribution in [0, 0.1) is 20.8 Å². The Kier molecular flexibility index (Phi) is 3.15. The normalized spacial score (nSPS) is 14.9.